The van der Waals surface area contributed by atoms with Crippen LogP contribution in [0.1, 0.15) is 69.2 Å². The number of hydrogen-bond acceptors (Lipinski definition) is 37. The molecule has 0 saturated heterocycles. The van der Waals surface area contributed by atoms with Crippen molar-refractivity contribution < 1.29 is 76.4 Å². The average Bonchev–Trinajstić information content (AvgIpc) is 0.936. The third kappa shape index (κ3) is 146. The number of amides is 5. The molecule has 0 aliphatic rings. The first-order valence-electron chi connectivity index (χ1n) is 38.9. The van der Waals surface area contributed by atoms with Gasteiger partial charge >= 0.3 is 29.8 Å². The number of carbonyl (C=O) groups excluding carboxylic acids is 11. The summed E-state index contributed by atoms with van der Waals surface area (Å²) in [5.41, 5.74) is 10.5. The molecule has 12 N–H and O–H groups in total. The van der Waals surface area contributed by atoms with Gasteiger partial charge in [0, 0.05) is 159 Å². The van der Waals surface area contributed by atoms with E-state index in [0.29, 0.717) is 86.3 Å². The van der Waals surface area contributed by atoms with E-state index >= 15 is 0 Å². The molecule has 17 unspecified atom stereocenters. The number of alkyl halides is 5. The molecule has 0 bridgehead atoms. The van der Waals surface area contributed by atoms with Crippen LogP contribution in [0, 0.1) is 0 Å². The van der Waals surface area contributed by atoms with Crippen LogP contribution in [0.2, 0.25) is 0 Å². The van der Waals surface area contributed by atoms with Crippen molar-refractivity contribution in [2.45, 2.75) is 93.4 Å². The van der Waals surface area contributed by atoms with Gasteiger partial charge in [-0.25, -0.2) is 14.4 Å². The summed E-state index contributed by atoms with van der Waals surface area (Å²) in [5.74, 6) is 10.7. The Bertz CT molecular complexity index is 2460. The second-order valence-electron chi connectivity index (χ2n) is 22.0. The number of halogens is 6. The van der Waals surface area contributed by atoms with E-state index < -0.39 is 30.1 Å². The van der Waals surface area contributed by atoms with Gasteiger partial charge in [0.1, 0.15) is 29.5 Å². The van der Waals surface area contributed by atoms with Crippen molar-refractivity contribution in [3.8, 4) is 0 Å². The molecule has 17 atom stereocenters. The molecule has 0 saturated carbocycles. The van der Waals surface area contributed by atoms with Crippen molar-refractivity contribution in [3.63, 3.8) is 0 Å². The summed E-state index contributed by atoms with van der Waals surface area (Å²) in [6.45, 7) is 35.4. The molecule has 0 aromatic carbocycles. The predicted octanol–water partition coefficient (Wildman–Crippen LogP) is 12.8. The normalized spacial score (nSPS) is 10.8. The summed E-state index contributed by atoms with van der Waals surface area (Å²) in [7, 11) is 33.2. The fourth-order valence-corrected chi connectivity index (χ4v) is 16.6. The number of rotatable bonds is 63. The third-order valence-electron chi connectivity index (χ3n) is 12.4. The van der Waals surface area contributed by atoms with Crippen molar-refractivity contribution in [1.29, 1.82) is 0 Å². The summed E-state index contributed by atoms with van der Waals surface area (Å²) in [6, 6.07) is -2.22. The lowest BCUT2D eigenvalue weighted by atomic mass is 10.3. The Balaban J connectivity index is -0.000000117. The fraction of sp³-hybridized carbons (Fsp3) is 0.833. The van der Waals surface area contributed by atoms with E-state index in [0.717, 1.165) is 131 Å². The SMILES string of the molecule is CCCl.CCCl.CCN(CCNCCSP)CCSP.CCN(CCSP)CC(=O)NCCSP.CCOC(=O)C(CSP)NC(=O)CBr.CCOC(=O)C(CSP)NC(=O)CN(CC)CCSP.CCOC(=O)C(CSP)NC(=O)CNCCSP.CCOC(=O)C(N)CSP.CCOC(=O)CBr.NCCSP.O=C(Br)CBr.O=C(CNCCSP)NCCSP. The number of carbonyl (C=O) groups is 11. The Morgan fingerprint density at radius 2 is 0.646 bits per heavy atom. The van der Waals surface area contributed by atoms with Crippen LogP contribution in [0.25, 0.3) is 0 Å². The zero-order valence-corrected chi connectivity index (χ0v) is 108. The van der Waals surface area contributed by atoms with Crippen LogP contribution in [0.15, 0.2) is 0 Å². The number of hydrogen-bond donors (Lipinski definition) is 10. The molecule has 0 aromatic heterocycles. The van der Waals surface area contributed by atoms with Crippen molar-refractivity contribution in [3.05, 3.63) is 0 Å². The van der Waals surface area contributed by atoms with Crippen molar-refractivity contribution >= 4 is 409 Å². The van der Waals surface area contributed by atoms with Gasteiger partial charge in [0.15, 0.2) is 0 Å². The molecule has 0 aliphatic heterocycles. The van der Waals surface area contributed by atoms with Crippen LogP contribution in [0.3, 0.4) is 0 Å². The molecule has 61 heteroatoms. The largest absolute Gasteiger partial charge is 0.465 e. The van der Waals surface area contributed by atoms with E-state index in [2.05, 4.69) is 249 Å². The molecule has 764 valence electrons. The first-order chi connectivity index (χ1) is 60.8. The first kappa shape index (κ1) is 159. The molecule has 0 rings (SSSR count). The van der Waals surface area contributed by atoms with Gasteiger partial charge < -0.3 is 82.6 Å². The summed E-state index contributed by atoms with van der Waals surface area (Å²) < 4.78 is 23.8. The quantitative estimate of drug-likeness (QED) is 0.00675. The Kier molecular flexibility index (Phi) is 177. The van der Waals surface area contributed by atoms with Crippen LogP contribution in [0.5, 0.6) is 0 Å². The molecule has 5 amide bonds. The number of nitrogens with one attached hydrogen (secondary N) is 8. The third-order valence-corrected chi connectivity index (χ3v) is 29.6. The maximum Gasteiger partial charge on any atom is 0.329 e. The summed E-state index contributed by atoms with van der Waals surface area (Å²) in [4.78, 5) is 129. The first-order valence-corrected chi connectivity index (χ1v) is 76.2. The minimum absolute atomic E-state index is 0.0162. The Hall–Kier alpha value is 6.69. The summed E-state index contributed by atoms with van der Waals surface area (Å²) >= 11 is 42.6. The monoisotopic (exact) mass is 2590 g/mol. The van der Waals surface area contributed by atoms with Gasteiger partial charge in [-0.05, 0) is 70.2 Å². The minimum Gasteiger partial charge on any atom is -0.465 e. The number of likely N-dealkylation sites (N-methyl/N-ethyl adjacent to an activating group) is 3. The minimum atomic E-state index is -0.585. The molecule has 0 aliphatic carbocycles. The number of nitrogens with zero attached hydrogens (tertiary/aromatic N) is 3. The van der Waals surface area contributed by atoms with Gasteiger partial charge in [-0.3, -0.25) is 48.2 Å². The van der Waals surface area contributed by atoms with E-state index in [1.165, 1.54) is 70.1 Å². The topological polar surface area (TPSA) is 392 Å². The number of nitrogens with two attached hydrogens (primary N) is 2. The maximum absolute atomic E-state index is 12.0. The van der Waals surface area contributed by atoms with Crippen LogP contribution >= 0.6 is 345 Å². The van der Waals surface area contributed by atoms with E-state index in [9.17, 15) is 52.7 Å². The van der Waals surface area contributed by atoms with E-state index in [-0.39, 0.29) is 70.0 Å². The van der Waals surface area contributed by atoms with Crippen molar-refractivity contribution in [2.24, 2.45) is 11.5 Å². The van der Waals surface area contributed by atoms with Gasteiger partial charge in [-0.1, -0.05) is 192 Å². The maximum atomic E-state index is 12.0. The highest BCUT2D eigenvalue weighted by molar-refractivity contribution is 9.19. The van der Waals surface area contributed by atoms with Gasteiger partial charge in [0.05, 0.1) is 69.9 Å². The lowest BCUT2D eigenvalue weighted by Gasteiger charge is -2.21. The van der Waals surface area contributed by atoms with E-state index in [4.69, 9.17) is 48.9 Å². The molecule has 0 spiro atoms. The smallest absolute Gasteiger partial charge is 0.329 e. The lowest BCUT2D eigenvalue weighted by molar-refractivity contribution is -0.147. The van der Waals surface area contributed by atoms with Crippen LogP contribution < -0.4 is 54.0 Å². The van der Waals surface area contributed by atoms with Crippen molar-refractivity contribution in [1.82, 2.24) is 57.2 Å². The highest BCUT2D eigenvalue weighted by Crippen LogP contribution is 2.17. The molecule has 0 fully saturated rings. The molecular formula is C66H154Br4Cl2N13O16P13S13. The van der Waals surface area contributed by atoms with Crippen LogP contribution in [0.4, 0.5) is 0 Å². The van der Waals surface area contributed by atoms with Gasteiger partial charge in [0.2, 0.25) is 34.2 Å². The Labute approximate surface area is 890 Å². The molecule has 29 nitrogen and oxygen atoms in total. The van der Waals surface area contributed by atoms with Crippen LogP contribution in [-0.2, 0) is 76.4 Å². The standard InChI is InChI=1S/C11H24N2O3P2S2.C9H20N2O3P2S2.C8H20N2OP2S2.C8H22N2P2S2.C7H13BrNO3PS.C6H16N2OP2S2.C5H12NO2PS.C4H7BrO2.C2H2Br2O.2C2H5Cl.C2H8NPS/c1-3-13(5-6-19-17)7-10(14)12-9(8-20-18)11(15)16-4-2;1-2-14-9(13)7(6-18-16)11-8(12)5-10-3-4-17-15;1-2-10(4-6-15-13)7-8(11)9-3-5-14-12;1-2-10(6-8-14-12)5-3-9-4-7-13-11;1-2-12-7(11)5(4-14-13)9-6(10)3-8;9-6(8-2-4-13-11)5-7-1-3-12-10;1-2-8-5(7)4(6)3-10-9;1-2-7-4(6)3-5;3-1-2(4)5;2*1-2-3;3-1-2-5-4/h9H,3-8,17-18H2,1-2H3,(H,12,14);7,10H,2-6,15-16H2,1H3,(H,11,12);2-7,12-13H2,1H3,(H,9,11);9H,2-8,11-12H2,1H3;5H,2-4,13H2,1H3,(H,9,10);7H,1-5,10-11H2,(H,8,9);4H,2-3,6,9H2,1H3;2-3H2,1H3;1H2;2*2H2,1H3;1-4H2. The average molecular weight is 2600 g/mol. The molecular weight excluding hydrogens is 2440 g/mol. The predicted molar refractivity (Wildman–Crippen MR) is 643 cm³/mol. The molecule has 0 radical (unpaired) electrons. The van der Waals surface area contributed by atoms with E-state index in [1.807, 2.05) is 48.4 Å². The molecule has 127 heavy (non-hydrogen) atoms. The lowest BCUT2D eigenvalue weighted by Crippen LogP contribution is -2.47. The Morgan fingerprint density at radius 3 is 0.937 bits per heavy atom. The van der Waals surface area contributed by atoms with Gasteiger partial charge in [0.25, 0.3) is 0 Å². The number of esters is 5. The van der Waals surface area contributed by atoms with E-state index in [1.54, 1.807) is 114 Å². The number of ether oxygens (including phenoxy) is 5. The van der Waals surface area contributed by atoms with Gasteiger partial charge in [-0.2, -0.15) is 0 Å². The Morgan fingerprint density at radius 1 is 0.346 bits per heavy atom. The highest BCUT2D eigenvalue weighted by atomic mass is 79.9. The highest BCUT2D eigenvalue weighted by Gasteiger charge is 2.24. The molecule has 0 heterocycles. The summed E-state index contributed by atoms with van der Waals surface area (Å²) in [5, 5.41) is 24.0. The summed E-state index contributed by atoms with van der Waals surface area (Å²) in [6.07, 6.45) is 0. The fourth-order valence-electron chi connectivity index (χ4n) is 6.78. The second kappa shape index (κ2) is 141. The zero-order chi connectivity index (χ0) is 99.8. The second-order valence-corrected chi connectivity index (χ2v) is 48.0. The van der Waals surface area contributed by atoms with Gasteiger partial charge in [-0.15, -0.1) is 171 Å². The zero-order valence-electron chi connectivity index (χ0n) is 74.9. The van der Waals surface area contributed by atoms with Crippen molar-refractivity contribution in [2.75, 3.05) is 253 Å². The molecule has 0 aromatic rings. The van der Waals surface area contributed by atoms with Crippen LogP contribution in [-0.4, -0.2) is 356 Å².